The topological polar surface area (TPSA) is 58.7 Å². The fourth-order valence-electron chi connectivity index (χ4n) is 2.29. The predicted octanol–water partition coefficient (Wildman–Crippen LogP) is 1.29. The molecule has 1 aromatic rings. The second-order valence-electron chi connectivity index (χ2n) is 4.71. The number of benzene rings is 1. The van der Waals surface area contributed by atoms with Gasteiger partial charge in [0.2, 0.25) is 0 Å². The zero-order valence-electron chi connectivity index (χ0n) is 10.9. The number of aliphatic hydroxyl groups excluding tert-OH is 1. The molecule has 0 aliphatic carbocycles. The molecule has 0 amide bonds. The maximum atomic E-state index is 9.36. The molecular formula is C14H22N2O2. The molecule has 100 valence electrons. The lowest BCUT2D eigenvalue weighted by Crippen LogP contribution is -2.47. The van der Waals surface area contributed by atoms with Crippen LogP contribution in [0.5, 0.6) is 0 Å². The summed E-state index contributed by atoms with van der Waals surface area (Å²) in [6.07, 6.45) is 0.941. The summed E-state index contributed by atoms with van der Waals surface area (Å²) < 4.78 is 5.38. The Hall–Kier alpha value is -1.10. The van der Waals surface area contributed by atoms with E-state index < -0.39 is 0 Å². The Morgan fingerprint density at radius 3 is 2.78 bits per heavy atom. The highest BCUT2D eigenvalue weighted by Crippen LogP contribution is 2.22. The molecule has 1 saturated heterocycles. The number of ether oxygens (including phenoxy) is 1. The standard InChI is InChI=1S/C14H22N2O2/c1-2-14(15)11-3-5-12(6-4-11)16-7-8-18-10-13(16)9-17/h3-6,13-14,17H,2,7-10,15H2,1H3. The third kappa shape index (κ3) is 2.83. The van der Waals surface area contributed by atoms with E-state index in [9.17, 15) is 5.11 Å². The first kappa shape index (κ1) is 13.3. The van der Waals surface area contributed by atoms with Crippen molar-refractivity contribution < 1.29 is 9.84 Å². The average Bonchev–Trinajstić information content (AvgIpc) is 2.46. The lowest BCUT2D eigenvalue weighted by molar-refractivity contribution is 0.0727. The Balaban J connectivity index is 2.12. The van der Waals surface area contributed by atoms with Crippen LogP contribution in [-0.2, 0) is 4.74 Å². The Kier molecular flexibility index (Phi) is 4.58. The second-order valence-corrected chi connectivity index (χ2v) is 4.71. The van der Waals surface area contributed by atoms with Gasteiger partial charge in [-0.3, -0.25) is 0 Å². The number of anilines is 1. The summed E-state index contributed by atoms with van der Waals surface area (Å²) in [5.74, 6) is 0. The van der Waals surface area contributed by atoms with Crippen LogP contribution < -0.4 is 10.6 Å². The van der Waals surface area contributed by atoms with Crippen LogP contribution in [0.4, 0.5) is 5.69 Å². The molecule has 1 heterocycles. The van der Waals surface area contributed by atoms with E-state index in [0.29, 0.717) is 13.2 Å². The summed E-state index contributed by atoms with van der Waals surface area (Å²) in [4.78, 5) is 2.20. The Bertz CT molecular complexity index is 367. The third-order valence-electron chi connectivity index (χ3n) is 3.53. The van der Waals surface area contributed by atoms with Crippen molar-refractivity contribution >= 4 is 5.69 Å². The van der Waals surface area contributed by atoms with Crippen LogP contribution >= 0.6 is 0 Å². The fourth-order valence-corrected chi connectivity index (χ4v) is 2.29. The predicted molar refractivity (Wildman–Crippen MR) is 72.7 cm³/mol. The van der Waals surface area contributed by atoms with Gasteiger partial charge in [0.15, 0.2) is 0 Å². The number of hydrogen-bond donors (Lipinski definition) is 2. The molecule has 0 spiro atoms. The van der Waals surface area contributed by atoms with Crippen LogP contribution in [-0.4, -0.2) is 37.5 Å². The molecule has 18 heavy (non-hydrogen) atoms. The molecule has 1 aliphatic rings. The van der Waals surface area contributed by atoms with E-state index in [4.69, 9.17) is 10.5 Å². The number of rotatable bonds is 4. The molecular weight excluding hydrogens is 228 g/mol. The molecule has 1 aromatic carbocycles. The second kappa shape index (κ2) is 6.18. The smallest absolute Gasteiger partial charge is 0.0755 e. The molecule has 1 aliphatic heterocycles. The summed E-state index contributed by atoms with van der Waals surface area (Å²) in [6, 6.07) is 8.49. The minimum absolute atomic E-state index is 0.0597. The van der Waals surface area contributed by atoms with Gasteiger partial charge in [-0.15, -0.1) is 0 Å². The quantitative estimate of drug-likeness (QED) is 0.845. The van der Waals surface area contributed by atoms with Crippen molar-refractivity contribution in [1.29, 1.82) is 0 Å². The molecule has 2 rings (SSSR count). The molecule has 0 radical (unpaired) electrons. The Labute approximate surface area is 108 Å². The Morgan fingerprint density at radius 1 is 1.44 bits per heavy atom. The van der Waals surface area contributed by atoms with Crippen molar-refractivity contribution in [3.63, 3.8) is 0 Å². The highest BCUT2D eigenvalue weighted by Gasteiger charge is 2.22. The van der Waals surface area contributed by atoms with Crippen LogP contribution in [0.1, 0.15) is 24.9 Å². The van der Waals surface area contributed by atoms with E-state index in [2.05, 4.69) is 36.1 Å². The number of nitrogens with zero attached hydrogens (tertiary/aromatic N) is 1. The monoisotopic (exact) mass is 250 g/mol. The van der Waals surface area contributed by atoms with Gasteiger partial charge in [-0.1, -0.05) is 19.1 Å². The Morgan fingerprint density at radius 2 is 2.17 bits per heavy atom. The summed E-state index contributed by atoms with van der Waals surface area (Å²) >= 11 is 0. The molecule has 0 saturated carbocycles. The van der Waals surface area contributed by atoms with E-state index >= 15 is 0 Å². The van der Waals surface area contributed by atoms with Crippen molar-refractivity contribution in [2.45, 2.75) is 25.4 Å². The summed E-state index contributed by atoms with van der Waals surface area (Å²) in [5.41, 5.74) is 8.29. The highest BCUT2D eigenvalue weighted by atomic mass is 16.5. The third-order valence-corrected chi connectivity index (χ3v) is 3.53. The van der Waals surface area contributed by atoms with Gasteiger partial charge in [0.05, 0.1) is 25.9 Å². The van der Waals surface area contributed by atoms with Gasteiger partial charge in [0.1, 0.15) is 0 Å². The summed E-state index contributed by atoms with van der Waals surface area (Å²) in [6.45, 7) is 4.34. The van der Waals surface area contributed by atoms with E-state index in [1.165, 1.54) is 0 Å². The maximum Gasteiger partial charge on any atom is 0.0755 e. The molecule has 4 nitrogen and oxygen atoms in total. The molecule has 0 aromatic heterocycles. The van der Waals surface area contributed by atoms with Gasteiger partial charge >= 0.3 is 0 Å². The molecule has 4 heteroatoms. The lowest BCUT2D eigenvalue weighted by Gasteiger charge is -2.36. The van der Waals surface area contributed by atoms with Gasteiger partial charge in [-0.2, -0.15) is 0 Å². The van der Waals surface area contributed by atoms with Crippen LogP contribution in [0, 0.1) is 0 Å². The van der Waals surface area contributed by atoms with E-state index in [1.54, 1.807) is 0 Å². The van der Waals surface area contributed by atoms with E-state index in [0.717, 1.165) is 24.2 Å². The van der Waals surface area contributed by atoms with Gasteiger partial charge in [-0.05, 0) is 24.1 Å². The van der Waals surface area contributed by atoms with Gasteiger partial charge in [0, 0.05) is 18.3 Å². The summed E-state index contributed by atoms with van der Waals surface area (Å²) in [5, 5.41) is 9.36. The normalized spacial score (nSPS) is 21.9. The van der Waals surface area contributed by atoms with Crippen molar-refractivity contribution in [3.05, 3.63) is 29.8 Å². The van der Waals surface area contributed by atoms with Crippen molar-refractivity contribution in [2.24, 2.45) is 5.73 Å². The zero-order chi connectivity index (χ0) is 13.0. The van der Waals surface area contributed by atoms with Crippen LogP contribution in [0.25, 0.3) is 0 Å². The molecule has 2 unspecified atom stereocenters. The molecule has 0 bridgehead atoms. The number of aliphatic hydroxyl groups is 1. The first-order chi connectivity index (χ1) is 8.76. The maximum absolute atomic E-state index is 9.36. The molecule has 1 fully saturated rings. The van der Waals surface area contributed by atoms with Crippen LogP contribution in [0.15, 0.2) is 24.3 Å². The largest absolute Gasteiger partial charge is 0.394 e. The minimum atomic E-state index is 0.0597. The number of morpholine rings is 1. The molecule has 3 N–H and O–H groups in total. The fraction of sp³-hybridized carbons (Fsp3) is 0.571. The van der Waals surface area contributed by atoms with Crippen molar-refractivity contribution in [2.75, 3.05) is 31.3 Å². The molecule has 2 atom stereocenters. The number of nitrogens with two attached hydrogens (primary N) is 1. The average molecular weight is 250 g/mol. The van der Waals surface area contributed by atoms with Crippen molar-refractivity contribution in [3.8, 4) is 0 Å². The van der Waals surface area contributed by atoms with E-state index in [-0.39, 0.29) is 18.7 Å². The number of hydrogen-bond acceptors (Lipinski definition) is 4. The van der Waals surface area contributed by atoms with Crippen LogP contribution in [0.2, 0.25) is 0 Å². The highest BCUT2D eigenvalue weighted by molar-refractivity contribution is 5.49. The summed E-state index contributed by atoms with van der Waals surface area (Å²) in [7, 11) is 0. The van der Waals surface area contributed by atoms with Crippen molar-refractivity contribution in [1.82, 2.24) is 0 Å². The van der Waals surface area contributed by atoms with Crippen LogP contribution in [0.3, 0.4) is 0 Å². The van der Waals surface area contributed by atoms with Gasteiger partial charge in [0.25, 0.3) is 0 Å². The lowest BCUT2D eigenvalue weighted by atomic mass is 10.0. The first-order valence-corrected chi connectivity index (χ1v) is 6.57. The van der Waals surface area contributed by atoms with E-state index in [1.807, 2.05) is 0 Å². The zero-order valence-corrected chi connectivity index (χ0v) is 10.9. The SMILES string of the molecule is CCC(N)c1ccc(N2CCOCC2CO)cc1. The van der Waals surface area contributed by atoms with Gasteiger partial charge in [-0.25, -0.2) is 0 Å². The minimum Gasteiger partial charge on any atom is -0.394 e. The van der Waals surface area contributed by atoms with Gasteiger partial charge < -0.3 is 20.5 Å². The first-order valence-electron chi connectivity index (χ1n) is 6.57.